The van der Waals surface area contributed by atoms with Crippen molar-refractivity contribution in [3.63, 3.8) is 0 Å². The first-order valence-electron chi connectivity index (χ1n) is 10.7. The van der Waals surface area contributed by atoms with Crippen LogP contribution in [0.1, 0.15) is 50.1 Å². The molecule has 1 unspecified atom stereocenters. The molecule has 0 radical (unpaired) electrons. The number of rotatable bonds is 7. The van der Waals surface area contributed by atoms with Crippen LogP contribution in [0.5, 0.6) is 0 Å². The normalized spacial score (nSPS) is 19.6. The maximum atomic E-state index is 12.0. The van der Waals surface area contributed by atoms with Crippen LogP contribution in [-0.4, -0.2) is 68.0 Å². The highest BCUT2D eigenvalue weighted by molar-refractivity contribution is 5.85. The fourth-order valence-electron chi connectivity index (χ4n) is 4.08. The summed E-state index contributed by atoms with van der Waals surface area (Å²) in [6.07, 6.45) is 7.42. The molecule has 1 aliphatic heterocycles. The van der Waals surface area contributed by atoms with Gasteiger partial charge in [0.1, 0.15) is 6.54 Å². The number of hydrogen-bond acceptors (Lipinski definition) is 3. The predicted octanol–water partition coefficient (Wildman–Crippen LogP) is 2.39. The summed E-state index contributed by atoms with van der Waals surface area (Å²) in [6.45, 7) is 3.25. The fourth-order valence-corrected chi connectivity index (χ4v) is 4.08. The van der Waals surface area contributed by atoms with Gasteiger partial charge >= 0.3 is 0 Å². The molecular weight excluding hydrogens is 350 g/mol. The molecule has 2 fully saturated rings. The van der Waals surface area contributed by atoms with Gasteiger partial charge in [-0.05, 0) is 44.3 Å². The van der Waals surface area contributed by atoms with Crippen molar-refractivity contribution in [2.45, 2.75) is 50.6 Å². The first-order valence-corrected chi connectivity index (χ1v) is 10.7. The number of guanidine groups is 1. The van der Waals surface area contributed by atoms with Crippen LogP contribution in [-0.2, 0) is 4.79 Å². The van der Waals surface area contributed by atoms with Gasteiger partial charge < -0.3 is 15.5 Å². The summed E-state index contributed by atoms with van der Waals surface area (Å²) in [4.78, 5) is 20.7. The number of hydrogen-bond donors (Lipinski definition) is 2. The lowest BCUT2D eigenvalue weighted by molar-refractivity contribution is -0.127. The monoisotopic (exact) mass is 385 g/mol. The molecule has 1 aliphatic carbocycles. The van der Waals surface area contributed by atoms with Crippen molar-refractivity contribution in [2.24, 2.45) is 4.99 Å². The molecule has 1 saturated carbocycles. The van der Waals surface area contributed by atoms with Crippen LogP contribution in [0, 0.1) is 0 Å². The third-order valence-corrected chi connectivity index (χ3v) is 5.80. The Bertz CT molecular complexity index is 634. The quantitative estimate of drug-likeness (QED) is 0.559. The van der Waals surface area contributed by atoms with Gasteiger partial charge in [0.15, 0.2) is 5.96 Å². The summed E-state index contributed by atoms with van der Waals surface area (Å²) >= 11 is 0. The molecule has 6 nitrogen and oxygen atoms in total. The zero-order valence-electron chi connectivity index (χ0n) is 17.4. The number of likely N-dealkylation sites (tertiary alicyclic amines) is 1. The highest BCUT2D eigenvalue weighted by Gasteiger charge is 2.24. The lowest BCUT2D eigenvalue weighted by Gasteiger charge is -2.29. The van der Waals surface area contributed by atoms with Crippen LogP contribution in [0.2, 0.25) is 0 Å². The van der Waals surface area contributed by atoms with E-state index in [0.29, 0.717) is 12.1 Å². The fraction of sp³-hybridized carbons (Fsp3) is 0.636. The minimum atomic E-state index is 0.0201. The molecule has 0 spiro atoms. The maximum Gasteiger partial charge on any atom is 0.243 e. The topological polar surface area (TPSA) is 60.0 Å². The van der Waals surface area contributed by atoms with Crippen molar-refractivity contribution >= 4 is 11.9 Å². The number of likely N-dealkylation sites (N-methyl/N-ethyl adjacent to an activating group) is 1. The van der Waals surface area contributed by atoms with Crippen molar-refractivity contribution in [3.8, 4) is 0 Å². The molecule has 154 valence electrons. The lowest BCUT2D eigenvalue weighted by Crippen LogP contribution is -2.46. The average Bonchev–Trinajstić information content (AvgIpc) is 3.41. The van der Waals surface area contributed by atoms with Crippen molar-refractivity contribution in [3.05, 3.63) is 35.9 Å². The summed E-state index contributed by atoms with van der Waals surface area (Å²) in [5.74, 6) is 0.786. The molecule has 0 bridgehead atoms. The molecule has 2 N–H and O–H groups in total. The molecule has 6 heteroatoms. The first kappa shape index (κ1) is 20.6. The molecule has 1 atom stereocenters. The Hall–Kier alpha value is -2.08. The Morgan fingerprint density at radius 3 is 2.46 bits per heavy atom. The standard InChI is InChI=1S/C22H35N5O/c1-26(2)21(28)17-24-22(25-19-12-6-7-13-19)23-16-20(27-14-8-9-15-27)18-10-4-3-5-11-18/h3-5,10-11,19-20H,6-9,12-17H2,1-2H3,(H2,23,24,25). The molecule has 1 amide bonds. The third kappa shape index (κ3) is 5.96. The highest BCUT2D eigenvalue weighted by Crippen LogP contribution is 2.24. The van der Waals surface area contributed by atoms with Gasteiger partial charge in [-0.15, -0.1) is 0 Å². The third-order valence-electron chi connectivity index (χ3n) is 5.80. The Kier molecular flexibility index (Phi) is 7.71. The Labute approximate surface area is 169 Å². The summed E-state index contributed by atoms with van der Waals surface area (Å²) in [7, 11) is 3.54. The molecule has 28 heavy (non-hydrogen) atoms. The van der Waals surface area contributed by atoms with Gasteiger partial charge in [0.2, 0.25) is 5.91 Å². The van der Waals surface area contributed by atoms with Crippen LogP contribution in [0.25, 0.3) is 0 Å². The number of carbonyl (C=O) groups excluding carboxylic acids is 1. The molecular formula is C22H35N5O. The van der Waals surface area contributed by atoms with Crippen LogP contribution < -0.4 is 10.6 Å². The van der Waals surface area contributed by atoms with E-state index in [2.05, 4.69) is 50.9 Å². The summed E-state index contributed by atoms with van der Waals surface area (Å²) in [6, 6.07) is 11.5. The molecule has 3 rings (SSSR count). The number of amides is 1. The summed E-state index contributed by atoms with van der Waals surface area (Å²) < 4.78 is 0. The Balaban J connectivity index is 1.68. The SMILES string of the molecule is CN(C)C(=O)CN=C(NCC(c1ccccc1)N1CCCC1)NC1CCCC1. The number of benzene rings is 1. The minimum absolute atomic E-state index is 0.0201. The molecule has 2 aliphatic rings. The number of nitrogens with one attached hydrogen (secondary N) is 2. The number of aliphatic imine (C=N–C) groups is 1. The lowest BCUT2D eigenvalue weighted by atomic mass is 10.1. The van der Waals surface area contributed by atoms with E-state index in [0.717, 1.165) is 25.6 Å². The molecule has 1 saturated heterocycles. The molecule has 1 aromatic rings. The summed E-state index contributed by atoms with van der Waals surface area (Å²) in [5.41, 5.74) is 1.33. The van der Waals surface area contributed by atoms with Gasteiger partial charge in [0.25, 0.3) is 0 Å². The van der Waals surface area contributed by atoms with E-state index >= 15 is 0 Å². The van der Waals surface area contributed by atoms with Crippen LogP contribution >= 0.6 is 0 Å². The van der Waals surface area contributed by atoms with E-state index in [9.17, 15) is 4.79 Å². The van der Waals surface area contributed by atoms with Gasteiger partial charge in [-0.1, -0.05) is 43.2 Å². The van der Waals surface area contributed by atoms with E-state index in [4.69, 9.17) is 0 Å². The first-order chi connectivity index (χ1) is 13.6. The van der Waals surface area contributed by atoms with E-state index in [1.807, 2.05) is 0 Å². The smallest absolute Gasteiger partial charge is 0.243 e. The van der Waals surface area contributed by atoms with Crippen molar-refractivity contribution in [1.29, 1.82) is 0 Å². The number of nitrogens with zero attached hydrogens (tertiary/aromatic N) is 3. The second-order valence-electron chi connectivity index (χ2n) is 8.13. The van der Waals surface area contributed by atoms with Gasteiger partial charge in [-0.25, -0.2) is 4.99 Å². The number of carbonyl (C=O) groups is 1. The average molecular weight is 386 g/mol. The van der Waals surface area contributed by atoms with Crippen molar-refractivity contribution in [2.75, 3.05) is 40.3 Å². The zero-order chi connectivity index (χ0) is 19.8. The highest BCUT2D eigenvalue weighted by atomic mass is 16.2. The van der Waals surface area contributed by atoms with E-state index < -0.39 is 0 Å². The molecule has 0 aromatic heterocycles. The van der Waals surface area contributed by atoms with Crippen LogP contribution in [0.3, 0.4) is 0 Å². The van der Waals surface area contributed by atoms with Gasteiger partial charge in [0, 0.05) is 26.7 Å². The molecule has 1 aromatic carbocycles. The van der Waals surface area contributed by atoms with E-state index in [1.165, 1.54) is 44.1 Å². The van der Waals surface area contributed by atoms with Crippen LogP contribution in [0.4, 0.5) is 0 Å². The predicted molar refractivity (Wildman–Crippen MR) is 114 cm³/mol. The molecule has 1 heterocycles. The van der Waals surface area contributed by atoms with Crippen molar-refractivity contribution < 1.29 is 4.79 Å². The van der Waals surface area contributed by atoms with Crippen molar-refractivity contribution in [1.82, 2.24) is 20.4 Å². The second kappa shape index (κ2) is 10.5. The zero-order valence-corrected chi connectivity index (χ0v) is 17.4. The van der Waals surface area contributed by atoms with Crippen LogP contribution in [0.15, 0.2) is 35.3 Å². The van der Waals surface area contributed by atoms with E-state index in [1.54, 1.807) is 19.0 Å². The van der Waals surface area contributed by atoms with Gasteiger partial charge in [-0.3, -0.25) is 9.69 Å². The summed E-state index contributed by atoms with van der Waals surface area (Å²) in [5, 5.41) is 7.10. The second-order valence-corrected chi connectivity index (χ2v) is 8.13. The van der Waals surface area contributed by atoms with Gasteiger partial charge in [0.05, 0.1) is 6.04 Å². The minimum Gasteiger partial charge on any atom is -0.354 e. The largest absolute Gasteiger partial charge is 0.354 e. The van der Waals surface area contributed by atoms with Gasteiger partial charge in [-0.2, -0.15) is 0 Å². The Morgan fingerprint density at radius 2 is 1.82 bits per heavy atom. The Morgan fingerprint density at radius 1 is 1.14 bits per heavy atom. The van der Waals surface area contributed by atoms with E-state index in [-0.39, 0.29) is 12.5 Å². The maximum absolute atomic E-state index is 12.0.